The van der Waals surface area contributed by atoms with Crippen LogP contribution in [0.5, 0.6) is 0 Å². The number of sulfonamides is 1. The van der Waals surface area contributed by atoms with Crippen LogP contribution in [0.3, 0.4) is 0 Å². The molecule has 0 aromatic heterocycles. The Balaban J connectivity index is 2.25. The summed E-state index contributed by atoms with van der Waals surface area (Å²) in [5.74, 6) is 0.449. The molecule has 1 fully saturated rings. The molecule has 0 radical (unpaired) electrons. The molecule has 2 atom stereocenters. The summed E-state index contributed by atoms with van der Waals surface area (Å²) in [7, 11) is -0.340. The second-order valence-corrected chi connectivity index (χ2v) is 7.64. The van der Waals surface area contributed by atoms with Crippen molar-refractivity contribution < 1.29 is 13.5 Å². The normalized spacial score (nSPS) is 23.6. The third-order valence-electron chi connectivity index (χ3n) is 4.02. The Kier molecular flexibility index (Phi) is 4.36. The predicted molar refractivity (Wildman–Crippen MR) is 79.3 cm³/mol. The number of nitrogens with zero attached hydrogens (tertiary/aromatic N) is 2. The van der Waals surface area contributed by atoms with Crippen LogP contribution >= 0.6 is 0 Å². The molecular formula is C14H22N2O3S. The lowest BCUT2D eigenvalue weighted by Crippen LogP contribution is -2.35. The minimum absolute atomic E-state index is 0.117. The largest absolute Gasteiger partial charge is 0.394 e. The zero-order chi connectivity index (χ0) is 14.9. The molecule has 1 saturated heterocycles. The Morgan fingerprint density at radius 1 is 1.30 bits per heavy atom. The van der Waals surface area contributed by atoms with Gasteiger partial charge >= 0.3 is 0 Å². The van der Waals surface area contributed by atoms with Gasteiger partial charge in [0.2, 0.25) is 10.0 Å². The van der Waals surface area contributed by atoms with Crippen molar-refractivity contribution in [2.45, 2.75) is 24.3 Å². The van der Waals surface area contributed by atoms with Gasteiger partial charge in [-0.1, -0.05) is 6.92 Å². The topological polar surface area (TPSA) is 60.9 Å². The van der Waals surface area contributed by atoms with E-state index in [9.17, 15) is 13.5 Å². The monoisotopic (exact) mass is 298 g/mol. The number of benzene rings is 1. The van der Waals surface area contributed by atoms with Gasteiger partial charge < -0.3 is 10.0 Å². The van der Waals surface area contributed by atoms with Crippen molar-refractivity contribution in [2.24, 2.45) is 5.92 Å². The van der Waals surface area contributed by atoms with Crippen LogP contribution in [0.1, 0.15) is 13.3 Å². The Morgan fingerprint density at radius 3 is 2.40 bits per heavy atom. The fraction of sp³-hybridized carbons (Fsp3) is 0.571. The zero-order valence-corrected chi connectivity index (χ0v) is 13.0. The number of aliphatic hydroxyl groups is 1. The maximum Gasteiger partial charge on any atom is 0.242 e. The van der Waals surface area contributed by atoms with E-state index in [2.05, 4.69) is 11.8 Å². The first kappa shape index (κ1) is 15.3. The average molecular weight is 298 g/mol. The van der Waals surface area contributed by atoms with Gasteiger partial charge in [-0.25, -0.2) is 12.7 Å². The first-order valence-electron chi connectivity index (χ1n) is 6.78. The quantitative estimate of drug-likeness (QED) is 0.905. The van der Waals surface area contributed by atoms with Crippen LogP contribution in [0.15, 0.2) is 29.2 Å². The fourth-order valence-electron chi connectivity index (χ4n) is 2.63. The molecule has 20 heavy (non-hydrogen) atoms. The van der Waals surface area contributed by atoms with Gasteiger partial charge in [-0.15, -0.1) is 0 Å². The van der Waals surface area contributed by atoms with E-state index in [1.54, 1.807) is 12.1 Å². The molecule has 0 spiro atoms. The predicted octanol–water partition coefficient (Wildman–Crippen LogP) is 1.14. The van der Waals surface area contributed by atoms with Crippen molar-refractivity contribution in [3.05, 3.63) is 24.3 Å². The van der Waals surface area contributed by atoms with Gasteiger partial charge in [-0.05, 0) is 36.6 Å². The molecular weight excluding hydrogens is 276 g/mol. The minimum atomic E-state index is -3.38. The van der Waals surface area contributed by atoms with E-state index in [1.807, 2.05) is 12.1 Å². The van der Waals surface area contributed by atoms with Crippen LogP contribution in [-0.2, 0) is 10.0 Å². The highest BCUT2D eigenvalue weighted by Gasteiger charge is 2.30. The number of anilines is 1. The third-order valence-corrected chi connectivity index (χ3v) is 5.85. The summed E-state index contributed by atoms with van der Waals surface area (Å²) in [5.41, 5.74) is 0.964. The van der Waals surface area contributed by atoms with Crippen molar-refractivity contribution in [1.29, 1.82) is 0 Å². The van der Waals surface area contributed by atoms with E-state index >= 15 is 0 Å². The second kappa shape index (κ2) is 5.71. The highest BCUT2D eigenvalue weighted by molar-refractivity contribution is 7.89. The lowest BCUT2D eigenvalue weighted by molar-refractivity contribution is 0.245. The Bertz CT molecular complexity index is 554. The summed E-state index contributed by atoms with van der Waals surface area (Å²) in [6.07, 6.45) is 1.04. The number of hydrogen-bond acceptors (Lipinski definition) is 4. The molecule has 1 aromatic carbocycles. The van der Waals surface area contributed by atoms with E-state index in [4.69, 9.17) is 0 Å². The van der Waals surface area contributed by atoms with Crippen molar-refractivity contribution in [3.63, 3.8) is 0 Å². The molecule has 1 aliphatic rings. The van der Waals surface area contributed by atoms with Crippen molar-refractivity contribution in [2.75, 3.05) is 32.1 Å². The van der Waals surface area contributed by atoms with Gasteiger partial charge in [-0.2, -0.15) is 0 Å². The molecule has 0 bridgehead atoms. The zero-order valence-electron chi connectivity index (χ0n) is 12.2. The average Bonchev–Trinajstić information content (AvgIpc) is 2.79. The van der Waals surface area contributed by atoms with Crippen LogP contribution in [0.2, 0.25) is 0 Å². The van der Waals surface area contributed by atoms with Gasteiger partial charge in [0, 0.05) is 26.3 Å². The van der Waals surface area contributed by atoms with Gasteiger partial charge in [0.25, 0.3) is 0 Å². The number of rotatable bonds is 4. The van der Waals surface area contributed by atoms with Crippen LogP contribution in [0, 0.1) is 5.92 Å². The summed E-state index contributed by atoms with van der Waals surface area (Å²) in [4.78, 5) is 2.44. The van der Waals surface area contributed by atoms with Gasteiger partial charge in [-0.3, -0.25) is 0 Å². The molecule has 1 aliphatic heterocycles. The smallest absolute Gasteiger partial charge is 0.242 e. The molecule has 0 saturated carbocycles. The van der Waals surface area contributed by atoms with Crippen molar-refractivity contribution >= 4 is 15.7 Å². The van der Waals surface area contributed by atoms with Gasteiger partial charge in [0.15, 0.2) is 0 Å². The summed E-state index contributed by atoms with van der Waals surface area (Å²) in [6, 6.07) is 7.00. The summed E-state index contributed by atoms with van der Waals surface area (Å²) < 4.78 is 25.2. The van der Waals surface area contributed by atoms with Crippen molar-refractivity contribution in [1.82, 2.24) is 4.31 Å². The fourth-order valence-corrected chi connectivity index (χ4v) is 3.53. The molecule has 1 N–H and O–H groups in total. The Hall–Kier alpha value is -1.11. The summed E-state index contributed by atoms with van der Waals surface area (Å²) in [6.45, 7) is 3.15. The molecule has 6 heteroatoms. The van der Waals surface area contributed by atoms with Crippen LogP contribution < -0.4 is 4.90 Å². The van der Waals surface area contributed by atoms with E-state index in [-0.39, 0.29) is 12.6 Å². The first-order chi connectivity index (χ1) is 9.37. The van der Waals surface area contributed by atoms with Gasteiger partial charge in [0.1, 0.15) is 0 Å². The molecule has 5 nitrogen and oxygen atoms in total. The SMILES string of the molecule is CC1CCN(c2ccc(S(=O)(=O)N(C)C)cc2)C1CO. The lowest BCUT2D eigenvalue weighted by atomic mass is 10.0. The van der Waals surface area contributed by atoms with E-state index in [0.29, 0.717) is 10.8 Å². The first-order valence-corrected chi connectivity index (χ1v) is 8.22. The maximum absolute atomic E-state index is 12.0. The number of hydrogen-bond donors (Lipinski definition) is 1. The highest BCUT2D eigenvalue weighted by atomic mass is 32.2. The Morgan fingerprint density at radius 2 is 1.90 bits per heavy atom. The molecule has 0 amide bonds. The molecule has 2 rings (SSSR count). The number of aliphatic hydroxyl groups excluding tert-OH is 1. The minimum Gasteiger partial charge on any atom is -0.394 e. The van der Waals surface area contributed by atoms with Crippen LogP contribution in [0.25, 0.3) is 0 Å². The van der Waals surface area contributed by atoms with E-state index in [1.165, 1.54) is 18.4 Å². The van der Waals surface area contributed by atoms with E-state index < -0.39 is 10.0 Å². The van der Waals surface area contributed by atoms with Crippen LogP contribution in [-0.4, -0.2) is 51.1 Å². The molecule has 1 aromatic rings. The maximum atomic E-state index is 12.0. The summed E-state index contributed by atoms with van der Waals surface area (Å²) in [5, 5.41) is 9.48. The lowest BCUT2D eigenvalue weighted by Gasteiger charge is -2.27. The van der Waals surface area contributed by atoms with E-state index in [0.717, 1.165) is 18.7 Å². The highest BCUT2D eigenvalue weighted by Crippen LogP contribution is 2.30. The van der Waals surface area contributed by atoms with Gasteiger partial charge in [0.05, 0.1) is 17.5 Å². The molecule has 112 valence electrons. The molecule has 1 heterocycles. The third kappa shape index (κ3) is 2.68. The standard InChI is InChI=1S/C14H22N2O3S/c1-11-8-9-16(14(11)10-17)12-4-6-13(7-5-12)20(18,19)15(2)3/h4-7,11,14,17H,8-10H2,1-3H3. The van der Waals surface area contributed by atoms with Crippen molar-refractivity contribution in [3.8, 4) is 0 Å². The van der Waals surface area contributed by atoms with Crippen LogP contribution in [0.4, 0.5) is 5.69 Å². The molecule has 0 aliphatic carbocycles. The second-order valence-electron chi connectivity index (χ2n) is 5.49. The molecule has 2 unspecified atom stereocenters. The Labute approximate surface area is 120 Å². The summed E-state index contributed by atoms with van der Waals surface area (Å²) >= 11 is 0.